The average molecular weight is 274 g/mol. The van der Waals surface area contributed by atoms with Crippen molar-refractivity contribution in [1.82, 2.24) is 15.2 Å². The van der Waals surface area contributed by atoms with Crippen molar-refractivity contribution in [3.05, 3.63) is 28.0 Å². The number of piperazine rings is 1. The Morgan fingerprint density at radius 3 is 2.41 bits per heavy atom. The maximum atomic E-state index is 6.23. The Labute approximate surface area is 112 Å². The smallest absolute Gasteiger partial charge is 0.0652 e. The molecule has 1 atom stereocenters. The van der Waals surface area contributed by atoms with E-state index in [1.165, 1.54) is 0 Å². The highest BCUT2D eigenvalue weighted by atomic mass is 35.5. The fourth-order valence-electron chi connectivity index (χ4n) is 2.38. The third kappa shape index (κ3) is 2.91. The van der Waals surface area contributed by atoms with E-state index in [1.807, 2.05) is 0 Å². The van der Waals surface area contributed by atoms with Crippen LogP contribution in [0.4, 0.5) is 0 Å². The number of nitrogens with one attached hydrogen (secondary N) is 1. The van der Waals surface area contributed by atoms with Gasteiger partial charge in [0.2, 0.25) is 0 Å². The van der Waals surface area contributed by atoms with Crippen LogP contribution in [0.25, 0.3) is 0 Å². The lowest BCUT2D eigenvalue weighted by atomic mass is 10.0. The predicted octanol–water partition coefficient (Wildman–Crippen LogP) is 2.74. The van der Waals surface area contributed by atoms with E-state index in [4.69, 9.17) is 23.2 Å². The standard InChI is InChI=1S/C12H17Cl2N3/c1-2-11(17-5-3-15-4-6-17)12-9(13)7-16-8-10(12)14/h7-8,11,15H,2-6H2,1H3/t11-/m0/s1. The Morgan fingerprint density at radius 2 is 1.88 bits per heavy atom. The molecule has 3 nitrogen and oxygen atoms in total. The van der Waals surface area contributed by atoms with Crippen LogP contribution in [0.3, 0.4) is 0 Å². The zero-order chi connectivity index (χ0) is 12.3. The molecule has 0 aromatic carbocycles. The van der Waals surface area contributed by atoms with Gasteiger partial charge in [0.1, 0.15) is 0 Å². The highest BCUT2D eigenvalue weighted by Crippen LogP contribution is 2.34. The molecule has 1 aliphatic rings. The summed E-state index contributed by atoms with van der Waals surface area (Å²) < 4.78 is 0. The largest absolute Gasteiger partial charge is 0.314 e. The van der Waals surface area contributed by atoms with Crippen LogP contribution in [-0.2, 0) is 0 Å². The van der Waals surface area contributed by atoms with Gasteiger partial charge in [0.15, 0.2) is 0 Å². The molecule has 1 aliphatic heterocycles. The summed E-state index contributed by atoms with van der Waals surface area (Å²) in [4.78, 5) is 6.45. The first-order chi connectivity index (χ1) is 8.24. The Morgan fingerprint density at radius 1 is 1.29 bits per heavy atom. The van der Waals surface area contributed by atoms with Crippen molar-refractivity contribution < 1.29 is 0 Å². The second kappa shape index (κ2) is 6.01. The number of hydrogen-bond acceptors (Lipinski definition) is 3. The lowest BCUT2D eigenvalue weighted by Gasteiger charge is -2.35. The van der Waals surface area contributed by atoms with E-state index in [2.05, 4.69) is 22.1 Å². The van der Waals surface area contributed by atoms with Gasteiger partial charge in [-0.1, -0.05) is 30.1 Å². The molecule has 0 amide bonds. The summed E-state index contributed by atoms with van der Waals surface area (Å²) in [5, 5.41) is 4.69. The predicted molar refractivity (Wildman–Crippen MR) is 71.7 cm³/mol. The molecule has 1 fully saturated rings. The zero-order valence-corrected chi connectivity index (χ0v) is 11.4. The molecule has 2 heterocycles. The minimum atomic E-state index is 0.292. The Kier molecular flexibility index (Phi) is 4.62. The Bertz CT molecular complexity index is 358. The van der Waals surface area contributed by atoms with Crippen LogP contribution in [0.1, 0.15) is 24.9 Å². The van der Waals surface area contributed by atoms with Gasteiger partial charge in [0.25, 0.3) is 0 Å². The molecule has 0 saturated carbocycles. The van der Waals surface area contributed by atoms with Gasteiger partial charge in [0.05, 0.1) is 10.0 Å². The summed E-state index contributed by atoms with van der Waals surface area (Å²) in [6.45, 7) is 6.29. The zero-order valence-electron chi connectivity index (χ0n) is 9.92. The third-order valence-electron chi connectivity index (χ3n) is 3.20. The Balaban J connectivity index is 2.27. The van der Waals surface area contributed by atoms with Gasteiger partial charge in [-0.05, 0) is 6.42 Å². The average Bonchev–Trinajstić information content (AvgIpc) is 2.35. The summed E-state index contributed by atoms with van der Waals surface area (Å²) in [5.74, 6) is 0. The van der Waals surface area contributed by atoms with Gasteiger partial charge in [-0.15, -0.1) is 0 Å². The van der Waals surface area contributed by atoms with E-state index in [9.17, 15) is 0 Å². The molecule has 1 aromatic rings. The van der Waals surface area contributed by atoms with Crippen LogP contribution in [0.15, 0.2) is 12.4 Å². The summed E-state index contributed by atoms with van der Waals surface area (Å²) in [7, 11) is 0. The number of aromatic nitrogens is 1. The van der Waals surface area contributed by atoms with Crippen LogP contribution < -0.4 is 5.32 Å². The van der Waals surface area contributed by atoms with Crippen LogP contribution >= 0.6 is 23.2 Å². The quantitative estimate of drug-likeness (QED) is 0.918. The van der Waals surface area contributed by atoms with Gasteiger partial charge >= 0.3 is 0 Å². The topological polar surface area (TPSA) is 28.2 Å². The minimum Gasteiger partial charge on any atom is -0.314 e. The second-order valence-corrected chi connectivity index (χ2v) is 5.04. The molecule has 0 aliphatic carbocycles. The van der Waals surface area contributed by atoms with E-state index >= 15 is 0 Å². The third-order valence-corrected chi connectivity index (χ3v) is 3.81. The molecule has 1 N–H and O–H groups in total. The first-order valence-corrected chi connectivity index (χ1v) is 6.73. The fraction of sp³-hybridized carbons (Fsp3) is 0.583. The van der Waals surface area contributed by atoms with Crippen molar-refractivity contribution in [3.8, 4) is 0 Å². The maximum Gasteiger partial charge on any atom is 0.0652 e. The van der Waals surface area contributed by atoms with Crippen molar-refractivity contribution in [1.29, 1.82) is 0 Å². The van der Waals surface area contributed by atoms with E-state index in [0.717, 1.165) is 38.2 Å². The summed E-state index contributed by atoms with van der Waals surface area (Å²) in [6, 6.07) is 0.292. The van der Waals surface area contributed by atoms with Crippen LogP contribution in [0.5, 0.6) is 0 Å². The number of nitrogens with zero attached hydrogens (tertiary/aromatic N) is 2. The molecule has 1 saturated heterocycles. The van der Waals surface area contributed by atoms with Crippen molar-refractivity contribution in [3.63, 3.8) is 0 Å². The second-order valence-electron chi connectivity index (χ2n) is 4.23. The highest BCUT2D eigenvalue weighted by molar-refractivity contribution is 6.35. The first-order valence-electron chi connectivity index (χ1n) is 5.97. The van der Waals surface area contributed by atoms with E-state index < -0.39 is 0 Å². The molecule has 17 heavy (non-hydrogen) atoms. The van der Waals surface area contributed by atoms with Gasteiger partial charge < -0.3 is 5.32 Å². The molecular weight excluding hydrogens is 257 g/mol. The minimum absolute atomic E-state index is 0.292. The van der Waals surface area contributed by atoms with E-state index in [1.54, 1.807) is 12.4 Å². The summed E-state index contributed by atoms with van der Waals surface area (Å²) in [5.41, 5.74) is 1.02. The number of rotatable bonds is 3. The highest BCUT2D eigenvalue weighted by Gasteiger charge is 2.24. The van der Waals surface area contributed by atoms with Gasteiger partial charge in [0, 0.05) is 50.2 Å². The molecule has 0 bridgehead atoms. The van der Waals surface area contributed by atoms with Crippen LogP contribution in [0, 0.1) is 0 Å². The number of halogens is 2. The number of hydrogen-bond donors (Lipinski definition) is 1. The van der Waals surface area contributed by atoms with E-state index in [0.29, 0.717) is 16.1 Å². The molecule has 5 heteroatoms. The van der Waals surface area contributed by atoms with Gasteiger partial charge in [-0.25, -0.2) is 0 Å². The van der Waals surface area contributed by atoms with Crippen LogP contribution in [0.2, 0.25) is 10.0 Å². The lowest BCUT2D eigenvalue weighted by Crippen LogP contribution is -2.45. The fourth-order valence-corrected chi connectivity index (χ4v) is 2.99. The summed E-state index contributed by atoms with van der Waals surface area (Å²) in [6.07, 6.45) is 4.35. The molecule has 94 valence electrons. The molecule has 2 rings (SSSR count). The van der Waals surface area contributed by atoms with Crippen molar-refractivity contribution in [2.75, 3.05) is 26.2 Å². The number of pyridine rings is 1. The van der Waals surface area contributed by atoms with E-state index in [-0.39, 0.29) is 0 Å². The normalized spacial score (nSPS) is 19.2. The monoisotopic (exact) mass is 273 g/mol. The molecule has 0 radical (unpaired) electrons. The van der Waals surface area contributed by atoms with Crippen molar-refractivity contribution in [2.45, 2.75) is 19.4 Å². The SMILES string of the molecule is CC[C@@H](c1c(Cl)cncc1Cl)N1CCNCC1. The van der Waals surface area contributed by atoms with Crippen molar-refractivity contribution >= 4 is 23.2 Å². The Hall–Kier alpha value is -0.350. The molecule has 0 unspecified atom stereocenters. The molecule has 0 spiro atoms. The lowest BCUT2D eigenvalue weighted by molar-refractivity contribution is 0.169. The van der Waals surface area contributed by atoms with Crippen LogP contribution in [-0.4, -0.2) is 36.1 Å². The van der Waals surface area contributed by atoms with Gasteiger partial charge in [-0.2, -0.15) is 0 Å². The van der Waals surface area contributed by atoms with Crippen molar-refractivity contribution in [2.24, 2.45) is 0 Å². The van der Waals surface area contributed by atoms with Gasteiger partial charge in [-0.3, -0.25) is 9.88 Å². The maximum absolute atomic E-state index is 6.23. The first kappa shape index (κ1) is 13.1. The summed E-state index contributed by atoms with van der Waals surface area (Å²) >= 11 is 12.5. The molecule has 1 aromatic heterocycles. The molecular formula is C12H17Cl2N3.